The Morgan fingerprint density at radius 1 is 1.06 bits per heavy atom. The van der Waals surface area contributed by atoms with E-state index >= 15 is 0 Å². The van der Waals surface area contributed by atoms with E-state index in [1.54, 1.807) is 6.08 Å². The summed E-state index contributed by atoms with van der Waals surface area (Å²) in [5.74, 6) is 0.0312. The lowest BCUT2D eigenvalue weighted by Gasteiger charge is -2.65. The molecule has 8 atom stereocenters. The topological polar surface area (TPSA) is 112 Å². The van der Waals surface area contributed by atoms with Gasteiger partial charge >= 0.3 is 5.97 Å². The van der Waals surface area contributed by atoms with E-state index in [4.69, 9.17) is 14.6 Å². The number of cyclic esters (lactones) is 1. The lowest BCUT2D eigenvalue weighted by molar-refractivity contribution is -0.237. The van der Waals surface area contributed by atoms with Gasteiger partial charge in [0.25, 0.3) is 0 Å². The summed E-state index contributed by atoms with van der Waals surface area (Å²) in [6, 6.07) is 0. The maximum atomic E-state index is 12.5. The van der Waals surface area contributed by atoms with Crippen LogP contribution in [0.5, 0.6) is 0 Å². The highest BCUT2D eigenvalue weighted by molar-refractivity contribution is 5.85. The first-order valence-corrected chi connectivity index (χ1v) is 13.6. The fourth-order valence-electron chi connectivity index (χ4n) is 9.21. The minimum absolute atomic E-state index is 0.0523. The number of nitrogens with zero attached hydrogens (tertiary/aromatic N) is 2. The van der Waals surface area contributed by atoms with Crippen molar-refractivity contribution in [1.82, 2.24) is 5.01 Å². The normalized spacial score (nSPS) is 49.9. The minimum atomic E-state index is -1.02. The van der Waals surface area contributed by atoms with Crippen LogP contribution in [0.25, 0.3) is 0 Å². The predicted molar refractivity (Wildman–Crippen MR) is 128 cm³/mol. The van der Waals surface area contributed by atoms with E-state index in [9.17, 15) is 20.1 Å². The maximum Gasteiger partial charge on any atom is 0.331 e. The Kier molecular flexibility index (Phi) is 5.64. The molecule has 8 nitrogen and oxygen atoms in total. The first-order chi connectivity index (χ1) is 16.7. The summed E-state index contributed by atoms with van der Waals surface area (Å²) in [5, 5.41) is 42.0. The molecule has 0 bridgehead atoms. The summed E-state index contributed by atoms with van der Waals surface area (Å²) in [7, 11) is 0. The Labute approximate surface area is 207 Å². The fourth-order valence-corrected chi connectivity index (χ4v) is 9.21. The van der Waals surface area contributed by atoms with Gasteiger partial charge in [0, 0.05) is 29.5 Å². The van der Waals surface area contributed by atoms with Gasteiger partial charge in [-0.2, -0.15) is 5.10 Å². The Morgan fingerprint density at radius 3 is 2.57 bits per heavy atom. The van der Waals surface area contributed by atoms with E-state index in [1.807, 2.05) is 11.2 Å². The third-order valence-corrected chi connectivity index (χ3v) is 11.1. The number of hydrogen-bond acceptors (Lipinski definition) is 8. The van der Waals surface area contributed by atoms with Gasteiger partial charge in [0.2, 0.25) is 0 Å². The largest absolute Gasteiger partial charge is 0.458 e. The Bertz CT molecular complexity index is 933. The van der Waals surface area contributed by atoms with Crippen LogP contribution in [0.2, 0.25) is 0 Å². The molecule has 2 aliphatic heterocycles. The molecule has 35 heavy (non-hydrogen) atoms. The lowest BCUT2D eigenvalue weighted by atomic mass is 9.41. The van der Waals surface area contributed by atoms with Gasteiger partial charge in [-0.1, -0.05) is 6.92 Å². The first-order valence-electron chi connectivity index (χ1n) is 13.6. The number of hydrazone groups is 1. The molecule has 5 fully saturated rings. The van der Waals surface area contributed by atoms with Crippen molar-refractivity contribution in [3.63, 3.8) is 0 Å². The summed E-state index contributed by atoms with van der Waals surface area (Å²) in [6.07, 6.45) is 9.48. The number of morpholine rings is 1. The molecule has 3 N–H and O–H groups in total. The number of fused-ring (bicyclic) bond motifs is 5. The van der Waals surface area contributed by atoms with Gasteiger partial charge in [0.15, 0.2) is 0 Å². The van der Waals surface area contributed by atoms with Gasteiger partial charge < -0.3 is 24.8 Å². The van der Waals surface area contributed by atoms with Crippen LogP contribution in [-0.2, 0) is 14.3 Å². The predicted octanol–water partition coefficient (Wildman–Crippen LogP) is 2.02. The van der Waals surface area contributed by atoms with Gasteiger partial charge in [-0.25, -0.2) is 4.79 Å². The van der Waals surface area contributed by atoms with Crippen LogP contribution in [0.1, 0.15) is 64.7 Å². The van der Waals surface area contributed by atoms with Crippen LogP contribution in [0.4, 0.5) is 0 Å². The van der Waals surface area contributed by atoms with Crippen molar-refractivity contribution in [1.29, 1.82) is 0 Å². The van der Waals surface area contributed by atoms with Crippen molar-refractivity contribution >= 4 is 12.2 Å². The second-order valence-corrected chi connectivity index (χ2v) is 12.3. The quantitative estimate of drug-likeness (QED) is 0.412. The number of hydrogen-bond donors (Lipinski definition) is 3. The maximum absolute atomic E-state index is 12.5. The average Bonchev–Trinajstić information content (AvgIpc) is 3.38. The number of carbonyl (C=O) groups is 1. The summed E-state index contributed by atoms with van der Waals surface area (Å²) in [5.41, 5.74) is -1.72. The number of aliphatic hydroxyl groups is 3. The van der Waals surface area contributed by atoms with E-state index in [2.05, 4.69) is 6.92 Å². The van der Waals surface area contributed by atoms with Crippen LogP contribution in [0.3, 0.4) is 0 Å². The standard InChI is InChI=1S/C27H40N2O6/c1-24-6-3-21-22(27(24,33)9-5-20(24)18-14-23(31)35-16-18)4-8-26(32)15-19(30)2-7-25(21,26)17-28-29-10-12-34-13-11-29/h14,17,19-22,30,32-33H,2-13,15-16H2,1H3/b28-17-/t19-,20+,21-,22+,24+,25-,26-,27-/m0/s1. The highest BCUT2D eigenvalue weighted by Crippen LogP contribution is 2.70. The Hall–Kier alpha value is -1.48. The third kappa shape index (κ3) is 3.39. The second-order valence-electron chi connectivity index (χ2n) is 12.3. The van der Waals surface area contributed by atoms with Gasteiger partial charge in [-0.05, 0) is 74.7 Å². The molecule has 0 unspecified atom stereocenters. The highest BCUT2D eigenvalue weighted by Gasteiger charge is 2.71. The van der Waals surface area contributed by atoms with E-state index in [0.29, 0.717) is 51.9 Å². The molecular formula is C27H40N2O6. The van der Waals surface area contributed by atoms with Crippen LogP contribution in [0.15, 0.2) is 16.8 Å². The molecule has 2 heterocycles. The lowest BCUT2D eigenvalue weighted by Crippen LogP contribution is -2.69. The molecule has 6 aliphatic rings. The number of aliphatic hydroxyl groups excluding tert-OH is 1. The molecule has 4 aliphatic carbocycles. The van der Waals surface area contributed by atoms with Crippen molar-refractivity contribution in [2.24, 2.45) is 33.7 Å². The van der Waals surface area contributed by atoms with Crippen molar-refractivity contribution in [3.8, 4) is 0 Å². The van der Waals surface area contributed by atoms with E-state index < -0.39 is 22.7 Å². The van der Waals surface area contributed by atoms with Gasteiger partial charge in [0.05, 0.1) is 43.6 Å². The molecule has 8 heteroatoms. The zero-order chi connectivity index (χ0) is 24.5. The van der Waals surface area contributed by atoms with Gasteiger partial charge in [-0.3, -0.25) is 5.01 Å². The number of rotatable bonds is 3. The summed E-state index contributed by atoms with van der Waals surface area (Å²) in [4.78, 5) is 11.8. The molecule has 0 radical (unpaired) electrons. The van der Waals surface area contributed by atoms with Crippen molar-refractivity contribution in [3.05, 3.63) is 11.6 Å². The summed E-state index contributed by atoms with van der Waals surface area (Å²) >= 11 is 0. The minimum Gasteiger partial charge on any atom is -0.458 e. The SMILES string of the molecule is C[C@]12CC[C@H]3[C@@H](CC[C@]4(O)C[C@@H](O)CC[C@]34/C=N\N3CCOCC3)[C@@]1(O)CC[C@@H]2C1=CC(=O)OC1. The smallest absolute Gasteiger partial charge is 0.331 e. The van der Waals surface area contributed by atoms with Crippen LogP contribution in [-0.4, -0.2) is 82.7 Å². The molecule has 6 rings (SSSR count). The number of ether oxygens (including phenoxy) is 2. The average molecular weight is 489 g/mol. The zero-order valence-corrected chi connectivity index (χ0v) is 20.8. The third-order valence-electron chi connectivity index (χ3n) is 11.1. The van der Waals surface area contributed by atoms with E-state index in [0.717, 1.165) is 44.3 Å². The fraction of sp³-hybridized carbons (Fsp3) is 0.852. The first kappa shape index (κ1) is 23.9. The molecular weight excluding hydrogens is 448 g/mol. The van der Waals surface area contributed by atoms with Gasteiger partial charge in [0.1, 0.15) is 6.61 Å². The highest BCUT2D eigenvalue weighted by atomic mass is 16.5. The van der Waals surface area contributed by atoms with Crippen molar-refractivity contribution in [2.75, 3.05) is 32.9 Å². The zero-order valence-electron chi connectivity index (χ0n) is 20.8. The number of carbonyl (C=O) groups excluding carboxylic acids is 1. The Morgan fingerprint density at radius 2 is 1.83 bits per heavy atom. The van der Waals surface area contributed by atoms with E-state index in [-0.39, 0.29) is 29.1 Å². The molecule has 194 valence electrons. The number of esters is 1. The summed E-state index contributed by atoms with van der Waals surface area (Å²) in [6.45, 7) is 5.34. The molecule has 0 aromatic heterocycles. The van der Waals surface area contributed by atoms with Crippen LogP contribution in [0, 0.1) is 28.6 Å². The summed E-state index contributed by atoms with van der Waals surface area (Å²) < 4.78 is 10.7. The molecule has 0 spiro atoms. The van der Waals surface area contributed by atoms with Crippen molar-refractivity contribution < 1.29 is 29.6 Å². The second kappa shape index (κ2) is 8.27. The molecule has 1 saturated heterocycles. The molecule has 0 amide bonds. The van der Waals surface area contributed by atoms with Gasteiger partial charge in [-0.15, -0.1) is 0 Å². The monoisotopic (exact) mass is 488 g/mol. The van der Waals surface area contributed by atoms with E-state index in [1.165, 1.54) is 0 Å². The van der Waals surface area contributed by atoms with Crippen molar-refractivity contribution in [2.45, 2.75) is 82.0 Å². The molecule has 0 aromatic rings. The molecule has 0 aromatic carbocycles. The Balaban J connectivity index is 1.36. The molecule has 4 saturated carbocycles. The van der Waals surface area contributed by atoms with Crippen LogP contribution >= 0.6 is 0 Å². The van der Waals surface area contributed by atoms with Crippen LogP contribution < -0.4 is 0 Å².